The van der Waals surface area contributed by atoms with E-state index in [-0.39, 0.29) is 0 Å². The van der Waals surface area contributed by atoms with Gasteiger partial charge in [0.1, 0.15) is 6.04 Å². The lowest BCUT2D eigenvalue weighted by Gasteiger charge is -2.27. The van der Waals surface area contributed by atoms with E-state index >= 15 is 0 Å². The van der Waals surface area contributed by atoms with E-state index in [0.29, 0.717) is 5.69 Å². The molecule has 1 atom stereocenters. The monoisotopic (exact) mass is 195 g/mol. The number of aromatic nitrogens is 2. The van der Waals surface area contributed by atoms with E-state index in [9.17, 15) is 4.79 Å². The van der Waals surface area contributed by atoms with Gasteiger partial charge in [0, 0.05) is 24.0 Å². The predicted molar refractivity (Wildman–Crippen MR) is 50.7 cm³/mol. The maximum Gasteiger partial charge on any atom is 0.321 e. The Labute approximate surface area is 82.0 Å². The summed E-state index contributed by atoms with van der Waals surface area (Å²) in [6.45, 7) is 3.46. The predicted octanol–water partition coefficient (Wildman–Crippen LogP) is 0.166. The van der Waals surface area contributed by atoms with Crippen molar-refractivity contribution in [2.75, 3.05) is 0 Å². The Morgan fingerprint density at radius 2 is 2.21 bits per heavy atom. The molecule has 1 aromatic heterocycles. The number of carbonyl (C=O) groups is 1. The number of hydrogen-bond donors (Lipinski definition) is 2. The average molecular weight is 195 g/mol. The Kier molecular flexibility index (Phi) is 2.81. The number of nitrogens with zero attached hydrogens (tertiary/aromatic N) is 2. The summed E-state index contributed by atoms with van der Waals surface area (Å²) in [7, 11) is 0. The Hall–Kier alpha value is -1.49. The van der Waals surface area contributed by atoms with Crippen LogP contribution in [0.25, 0.3) is 0 Å². The zero-order valence-electron chi connectivity index (χ0n) is 8.14. The molecule has 0 bridgehead atoms. The minimum atomic E-state index is -1.04. The summed E-state index contributed by atoms with van der Waals surface area (Å²) in [6, 6.07) is -0.987. The van der Waals surface area contributed by atoms with Crippen molar-refractivity contribution in [3.8, 4) is 0 Å². The molecule has 5 heteroatoms. The van der Waals surface area contributed by atoms with Gasteiger partial charge in [-0.25, -0.2) is 0 Å². The van der Waals surface area contributed by atoms with Gasteiger partial charge >= 0.3 is 5.97 Å². The second-order valence-corrected chi connectivity index (χ2v) is 3.63. The van der Waals surface area contributed by atoms with Crippen LogP contribution in [0.3, 0.4) is 0 Å². The van der Waals surface area contributed by atoms with Gasteiger partial charge in [-0.3, -0.25) is 14.8 Å². The van der Waals surface area contributed by atoms with E-state index < -0.39 is 17.4 Å². The number of rotatable bonds is 3. The normalized spacial score (nSPS) is 13.6. The third kappa shape index (κ3) is 1.88. The number of aliphatic carboxylic acids is 1. The zero-order valence-corrected chi connectivity index (χ0v) is 8.14. The van der Waals surface area contributed by atoms with Crippen LogP contribution in [0.5, 0.6) is 0 Å². The molecular formula is C9H13N3O2. The van der Waals surface area contributed by atoms with Crippen LogP contribution in [-0.4, -0.2) is 27.1 Å². The summed E-state index contributed by atoms with van der Waals surface area (Å²) in [6.07, 6.45) is 4.58. The van der Waals surface area contributed by atoms with E-state index in [1.165, 1.54) is 18.6 Å². The van der Waals surface area contributed by atoms with Gasteiger partial charge in [-0.1, -0.05) is 13.8 Å². The van der Waals surface area contributed by atoms with Crippen LogP contribution in [0.1, 0.15) is 19.5 Å². The summed E-state index contributed by atoms with van der Waals surface area (Å²) in [5.41, 5.74) is 5.42. The maximum absolute atomic E-state index is 10.7. The molecule has 0 fully saturated rings. The Morgan fingerprint density at radius 1 is 1.57 bits per heavy atom. The molecule has 1 aromatic rings. The fraction of sp³-hybridized carbons (Fsp3) is 0.444. The number of carboxylic acid groups (broad SMARTS) is 1. The number of hydrogen-bond acceptors (Lipinski definition) is 4. The smallest absolute Gasteiger partial charge is 0.321 e. The van der Waals surface area contributed by atoms with Gasteiger partial charge in [-0.15, -0.1) is 0 Å². The first-order valence-corrected chi connectivity index (χ1v) is 4.21. The quantitative estimate of drug-likeness (QED) is 0.717. The molecule has 5 nitrogen and oxygen atoms in total. The van der Waals surface area contributed by atoms with Crippen molar-refractivity contribution in [2.45, 2.75) is 25.3 Å². The van der Waals surface area contributed by atoms with Crippen LogP contribution in [0.15, 0.2) is 18.6 Å². The Balaban J connectivity index is 3.02. The molecule has 1 heterocycles. The van der Waals surface area contributed by atoms with Gasteiger partial charge in [0.15, 0.2) is 0 Å². The average Bonchev–Trinajstić information content (AvgIpc) is 2.18. The summed E-state index contributed by atoms with van der Waals surface area (Å²) < 4.78 is 0. The maximum atomic E-state index is 10.7. The Bertz CT molecular complexity index is 324. The van der Waals surface area contributed by atoms with E-state index in [1.54, 1.807) is 13.8 Å². The Morgan fingerprint density at radius 3 is 2.64 bits per heavy atom. The second-order valence-electron chi connectivity index (χ2n) is 3.63. The molecule has 0 aliphatic carbocycles. The fourth-order valence-electron chi connectivity index (χ4n) is 1.10. The van der Waals surface area contributed by atoms with Crippen molar-refractivity contribution in [3.63, 3.8) is 0 Å². The molecule has 0 aliphatic rings. The van der Waals surface area contributed by atoms with Crippen molar-refractivity contribution in [1.82, 2.24) is 9.97 Å². The van der Waals surface area contributed by atoms with Crippen LogP contribution < -0.4 is 5.73 Å². The van der Waals surface area contributed by atoms with Gasteiger partial charge in [0.25, 0.3) is 0 Å². The summed E-state index contributed by atoms with van der Waals surface area (Å²) in [5, 5.41) is 8.81. The van der Waals surface area contributed by atoms with Crippen molar-refractivity contribution < 1.29 is 9.90 Å². The van der Waals surface area contributed by atoms with Crippen LogP contribution >= 0.6 is 0 Å². The third-order valence-electron chi connectivity index (χ3n) is 2.27. The van der Waals surface area contributed by atoms with Crippen LogP contribution in [-0.2, 0) is 10.2 Å². The highest BCUT2D eigenvalue weighted by atomic mass is 16.4. The van der Waals surface area contributed by atoms with Crippen LogP contribution in [0.4, 0.5) is 0 Å². The van der Waals surface area contributed by atoms with Gasteiger partial charge in [-0.2, -0.15) is 0 Å². The lowest BCUT2D eigenvalue weighted by Crippen LogP contribution is -2.47. The second kappa shape index (κ2) is 3.71. The van der Waals surface area contributed by atoms with Gasteiger partial charge in [-0.05, 0) is 0 Å². The largest absolute Gasteiger partial charge is 0.480 e. The molecule has 0 saturated carbocycles. The molecule has 0 spiro atoms. The van der Waals surface area contributed by atoms with E-state index in [4.69, 9.17) is 10.8 Å². The molecular weight excluding hydrogens is 182 g/mol. The van der Waals surface area contributed by atoms with Gasteiger partial charge < -0.3 is 10.8 Å². The molecule has 1 unspecified atom stereocenters. The minimum Gasteiger partial charge on any atom is -0.480 e. The molecule has 0 amide bonds. The van der Waals surface area contributed by atoms with Crippen LogP contribution in [0.2, 0.25) is 0 Å². The van der Waals surface area contributed by atoms with Gasteiger partial charge in [0.2, 0.25) is 0 Å². The number of carboxylic acids is 1. The summed E-state index contributed by atoms with van der Waals surface area (Å²) in [5.74, 6) is -1.04. The van der Waals surface area contributed by atoms with Crippen molar-refractivity contribution in [1.29, 1.82) is 0 Å². The van der Waals surface area contributed by atoms with Crippen molar-refractivity contribution >= 4 is 5.97 Å². The highest BCUT2D eigenvalue weighted by Crippen LogP contribution is 2.23. The highest BCUT2D eigenvalue weighted by Gasteiger charge is 2.35. The van der Waals surface area contributed by atoms with Crippen molar-refractivity contribution in [3.05, 3.63) is 24.3 Å². The first-order chi connectivity index (χ1) is 6.46. The standard InChI is InChI=1S/C9H13N3O2/c1-9(2,7(10)8(13)14)6-5-11-3-4-12-6/h3-5,7H,10H2,1-2H3,(H,13,14). The molecule has 1 rings (SSSR count). The lowest BCUT2D eigenvalue weighted by atomic mass is 9.82. The van der Waals surface area contributed by atoms with E-state index in [2.05, 4.69) is 9.97 Å². The highest BCUT2D eigenvalue weighted by molar-refractivity contribution is 5.75. The third-order valence-corrected chi connectivity index (χ3v) is 2.27. The fourth-order valence-corrected chi connectivity index (χ4v) is 1.10. The topological polar surface area (TPSA) is 89.1 Å². The van der Waals surface area contributed by atoms with E-state index in [0.717, 1.165) is 0 Å². The first-order valence-electron chi connectivity index (χ1n) is 4.21. The van der Waals surface area contributed by atoms with Crippen molar-refractivity contribution in [2.24, 2.45) is 5.73 Å². The van der Waals surface area contributed by atoms with Gasteiger partial charge in [0.05, 0.1) is 5.69 Å². The summed E-state index contributed by atoms with van der Waals surface area (Å²) >= 11 is 0. The number of nitrogens with two attached hydrogens (primary N) is 1. The molecule has 76 valence electrons. The molecule has 0 aliphatic heterocycles. The van der Waals surface area contributed by atoms with Crippen LogP contribution in [0, 0.1) is 0 Å². The minimum absolute atomic E-state index is 0.579. The van der Waals surface area contributed by atoms with E-state index in [1.807, 2.05) is 0 Å². The molecule has 0 saturated heterocycles. The first kappa shape index (κ1) is 10.6. The zero-order chi connectivity index (χ0) is 10.8. The molecule has 0 aromatic carbocycles. The lowest BCUT2D eigenvalue weighted by molar-refractivity contribution is -0.140. The molecule has 14 heavy (non-hydrogen) atoms. The molecule has 0 radical (unpaired) electrons. The summed E-state index contributed by atoms with van der Waals surface area (Å²) in [4.78, 5) is 18.7. The SMILES string of the molecule is CC(C)(c1cnccn1)C(N)C(=O)O. The molecule has 3 N–H and O–H groups in total.